The van der Waals surface area contributed by atoms with E-state index in [1.165, 1.54) is 0 Å². The summed E-state index contributed by atoms with van der Waals surface area (Å²) < 4.78 is 0. The van der Waals surface area contributed by atoms with Crippen molar-refractivity contribution in [1.29, 1.82) is 5.26 Å². The second-order valence-corrected chi connectivity index (χ2v) is 5.23. The van der Waals surface area contributed by atoms with Crippen molar-refractivity contribution in [1.82, 2.24) is 0 Å². The Kier molecular flexibility index (Phi) is 4.22. The highest BCUT2D eigenvalue weighted by molar-refractivity contribution is 5.58. The van der Waals surface area contributed by atoms with Crippen LogP contribution in [0.15, 0.2) is 18.2 Å². The number of nitrogens with one attached hydrogen (secondary N) is 1. The summed E-state index contributed by atoms with van der Waals surface area (Å²) in [6, 6.07) is 8.03. The molecule has 3 nitrogen and oxygen atoms in total. The van der Waals surface area contributed by atoms with Crippen LogP contribution in [0.1, 0.15) is 36.8 Å². The molecule has 0 bridgehead atoms. The lowest BCUT2D eigenvalue weighted by atomic mass is 9.87. The molecule has 0 heterocycles. The van der Waals surface area contributed by atoms with Crippen molar-refractivity contribution < 1.29 is 5.11 Å². The fourth-order valence-corrected chi connectivity index (χ4v) is 2.60. The molecule has 0 amide bonds. The van der Waals surface area contributed by atoms with Crippen molar-refractivity contribution in [2.24, 2.45) is 5.92 Å². The van der Waals surface area contributed by atoms with Gasteiger partial charge < -0.3 is 10.4 Å². The third-order valence-corrected chi connectivity index (χ3v) is 3.63. The Hall–Kier alpha value is -1.53. The minimum atomic E-state index is -0.140. The molecule has 1 aliphatic rings. The summed E-state index contributed by atoms with van der Waals surface area (Å²) >= 11 is 0. The zero-order valence-corrected chi connectivity index (χ0v) is 10.8. The molecule has 2 atom stereocenters. The lowest BCUT2D eigenvalue weighted by molar-refractivity contribution is 0.105. The molecule has 1 aliphatic carbocycles. The summed E-state index contributed by atoms with van der Waals surface area (Å²) in [7, 11) is 0. The van der Waals surface area contributed by atoms with Crippen LogP contribution in [0.25, 0.3) is 0 Å². The number of aliphatic hydroxyl groups is 1. The average molecular weight is 244 g/mol. The number of nitrogens with zero attached hydrogens (tertiary/aromatic N) is 1. The lowest BCUT2D eigenvalue weighted by Gasteiger charge is -2.26. The standard InChI is InChI=1S/C15H20N2O/c1-11-5-6-13(9-16)15(7-11)17-10-12-3-2-4-14(18)8-12/h5-7,12,14,17-18H,2-4,8,10H2,1H3. The van der Waals surface area contributed by atoms with Crippen molar-refractivity contribution >= 4 is 5.69 Å². The maximum absolute atomic E-state index is 9.64. The Balaban J connectivity index is 1.97. The van der Waals surface area contributed by atoms with Gasteiger partial charge in [-0.05, 0) is 49.8 Å². The Labute approximate surface area is 108 Å². The molecule has 1 aromatic carbocycles. The van der Waals surface area contributed by atoms with Crippen LogP contribution in [0.2, 0.25) is 0 Å². The fraction of sp³-hybridized carbons (Fsp3) is 0.533. The van der Waals surface area contributed by atoms with Gasteiger partial charge in [0.2, 0.25) is 0 Å². The summed E-state index contributed by atoms with van der Waals surface area (Å²) in [5, 5.41) is 22.1. The smallest absolute Gasteiger partial charge is 0.101 e. The van der Waals surface area contributed by atoms with E-state index >= 15 is 0 Å². The SMILES string of the molecule is Cc1ccc(C#N)c(NCC2CCCC(O)C2)c1. The van der Waals surface area contributed by atoms with Crippen LogP contribution in [0.5, 0.6) is 0 Å². The van der Waals surface area contributed by atoms with E-state index in [1.54, 1.807) is 0 Å². The quantitative estimate of drug-likeness (QED) is 0.859. The van der Waals surface area contributed by atoms with Gasteiger partial charge in [-0.15, -0.1) is 0 Å². The summed E-state index contributed by atoms with van der Waals surface area (Å²) in [6.07, 6.45) is 3.94. The van der Waals surface area contributed by atoms with Gasteiger partial charge in [0.15, 0.2) is 0 Å². The molecule has 18 heavy (non-hydrogen) atoms. The van der Waals surface area contributed by atoms with Crippen molar-refractivity contribution in [2.75, 3.05) is 11.9 Å². The zero-order chi connectivity index (χ0) is 13.0. The molecule has 0 saturated heterocycles. The Bertz CT molecular complexity index is 450. The molecule has 96 valence electrons. The number of aryl methyl sites for hydroxylation is 1. The van der Waals surface area contributed by atoms with Crippen LogP contribution >= 0.6 is 0 Å². The van der Waals surface area contributed by atoms with Crippen LogP contribution < -0.4 is 5.32 Å². The molecule has 0 spiro atoms. The molecule has 2 unspecified atom stereocenters. The Morgan fingerprint density at radius 3 is 3.00 bits per heavy atom. The summed E-state index contributed by atoms with van der Waals surface area (Å²) in [5.41, 5.74) is 2.76. The van der Waals surface area contributed by atoms with Crippen molar-refractivity contribution in [3.63, 3.8) is 0 Å². The number of aliphatic hydroxyl groups excluding tert-OH is 1. The number of benzene rings is 1. The molecule has 0 radical (unpaired) electrons. The molecule has 2 N–H and O–H groups in total. The van der Waals surface area contributed by atoms with Crippen molar-refractivity contribution in [3.05, 3.63) is 29.3 Å². The third-order valence-electron chi connectivity index (χ3n) is 3.63. The highest BCUT2D eigenvalue weighted by atomic mass is 16.3. The number of anilines is 1. The van der Waals surface area contributed by atoms with Gasteiger partial charge in [-0.1, -0.05) is 12.5 Å². The Morgan fingerprint density at radius 1 is 1.44 bits per heavy atom. The van der Waals surface area contributed by atoms with E-state index in [0.29, 0.717) is 11.5 Å². The Morgan fingerprint density at radius 2 is 2.28 bits per heavy atom. The first-order chi connectivity index (χ1) is 8.69. The summed E-state index contributed by atoms with van der Waals surface area (Å²) in [4.78, 5) is 0. The molecule has 0 aromatic heterocycles. The second kappa shape index (κ2) is 5.88. The average Bonchev–Trinajstić information content (AvgIpc) is 2.37. The van der Waals surface area contributed by atoms with Crippen LogP contribution in [0.4, 0.5) is 5.69 Å². The van der Waals surface area contributed by atoms with Crippen LogP contribution in [-0.2, 0) is 0 Å². The minimum absolute atomic E-state index is 0.140. The molecule has 1 fully saturated rings. The minimum Gasteiger partial charge on any atom is -0.393 e. The normalized spacial score (nSPS) is 23.4. The topological polar surface area (TPSA) is 56.0 Å². The largest absolute Gasteiger partial charge is 0.393 e. The molecule has 1 saturated carbocycles. The van der Waals surface area contributed by atoms with Gasteiger partial charge in [0.1, 0.15) is 6.07 Å². The molecule has 3 heteroatoms. The molecule has 0 aliphatic heterocycles. The lowest BCUT2D eigenvalue weighted by Crippen LogP contribution is -2.25. The van der Waals surface area contributed by atoms with Gasteiger partial charge in [0, 0.05) is 6.54 Å². The van der Waals surface area contributed by atoms with Gasteiger partial charge in [-0.3, -0.25) is 0 Å². The first-order valence-corrected chi connectivity index (χ1v) is 6.61. The van der Waals surface area contributed by atoms with Gasteiger partial charge in [-0.25, -0.2) is 0 Å². The fourth-order valence-electron chi connectivity index (χ4n) is 2.60. The zero-order valence-electron chi connectivity index (χ0n) is 10.8. The van der Waals surface area contributed by atoms with E-state index in [9.17, 15) is 5.11 Å². The predicted molar refractivity (Wildman–Crippen MR) is 72.3 cm³/mol. The monoisotopic (exact) mass is 244 g/mol. The van der Waals surface area contributed by atoms with Gasteiger partial charge in [0.25, 0.3) is 0 Å². The molecular weight excluding hydrogens is 224 g/mol. The number of hydrogen-bond donors (Lipinski definition) is 2. The maximum atomic E-state index is 9.64. The number of hydrogen-bond acceptors (Lipinski definition) is 3. The first-order valence-electron chi connectivity index (χ1n) is 6.61. The highest BCUT2D eigenvalue weighted by Gasteiger charge is 2.20. The van der Waals surface area contributed by atoms with Crippen LogP contribution in [0.3, 0.4) is 0 Å². The second-order valence-electron chi connectivity index (χ2n) is 5.23. The van der Waals surface area contributed by atoms with E-state index in [0.717, 1.165) is 43.5 Å². The summed E-state index contributed by atoms with van der Waals surface area (Å²) in [5.74, 6) is 0.515. The van der Waals surface area contributed by atoms with E-state index in [-0.39, 0.29) is 6.10 Å². The van der Waals surface area contributed by atoms with Crippen molar-refractivity contribution in [3.8, 4) is 6.07 Å². The number of rotatable bonds is 3. The molecule has 1 aromatic rings. The van der Waals surface area contributed by atoms with E-state index in [1.807, 2.05) is 25.1 Å². The van der Waals surface area contributed by atoms with Gasteiger partial charge in [-0.2, -0.15) is 5.26 Å². The van der Waals surface area contributed by atoms with Gasteiger partial charge in [0.05, 0.1) is 17.4 Å². The highest BCUT2D eigenvalue weighted by Crippen LogP contribution is 2.25. The third kappa shape index (κ3) is 3.24. The van der Waals surface area contributed by atoms with E-state index < -0.39 is 0 Å². The van der Waals surface area contributed by atoms with Crippen molar-refractivity contribution in [2.45, 2.75) is 38.7 Å². The molecular formula is C15H20N2O. The first kappa shape index (κ1) is 12.9. The maximum Gasteiger partial charge on any atom is 0.101 e. The molecule has 2 rings (SSSR count). The summed E-state index contributed by atoms with van der Waals surface area (Å²) in [6.45, 7) is 2.87. The number of nitriles is 1. The van der Waals surface area contributed by atoms with Crippen LogP contribution in [0, 0.1) is 24.2 Å². The van der Waals surface area contributed by atoms with E-state index in [2.05, 4.69) is 11.4 Å². The van der Waals surface area contributed by atoms with Gasteiger partial charge >= 0.3 is 0 Å². The van der Waals surface area contributed by atoms with E-state index in [4.69, 9.17) is 5.26 Å². The predicted octanol–water partition coefficient (Wildman–Crippen LogP) is 2.83. The van der Waals surface area contributed by atoms with Crippen LogP contribution in [-0.4, -0.2) is 17.8 Å².